The molecule has 0 aliphatic carbocycles. The lowest BCUT2D eigenvalue weighted by molar-refractivity contribution is -0.131. The van der Waals surface area contributed by atoms with Crippen molar-refractivity contribution in [3.8, 4) is 0 Å². The Balaban J connectivity index is 2.59. The first-order valence-corrected chi connectivity index (χ1v) is 5.93. The minimum absolute atomic E-state index is 0.0644. The number of imidazole rings is 1. The van der Waals surface area contributed by atoms with Gasteiger partial charge in [-0.2, -0.15) is 0 Å². The summed E-state index contributed by atoms with van der Waals surface area (Å²) >= 11 is 0. The van der Waals surface area contributed by atoms with Crippen LogP contribution in [-0.2, 0) is 4.79 Å². The number of hydrogen-bond donors (Lipinski definition) is 1. The molecule has 1 aromatic heterocycles. The van der Waals surface area contributed by atoms with E-state index in [-0.39, 0.29) is 5.92 Å². The van der Waals surface area contributed by atoms with Crippen LogP contribution in [0.15, 0.2) is 36.4 Å². The number of carbonyl (C=O) groups excluding carboxylic acids is 1. The summed E-state index contributed by atoms with van der Waals surface area (Å²) < 4.78 is 1.46. The fourth-order valence-electron chi connectivity index (χ4n) is 1.88. The summed E-state index contributed by atoms with van der Waals surface area (Å²) in [4.78, 5) is 27.0. The summed E-state index contributed by atoms with van der Waals surface area (Å²) in [7, 11) is 0. The number of carboxylic acids is 1. The molecule has 0 aliphatic heterocycles. The normalized spacial score (nSPS) is 11.5. The molecule has 5 heteroatoms. The van der Waals surface area contributed by atoms with Crippen LogP contribution < -0.4 is 0 Å². The van der Waals surface area contributed by atoms with E-state index in [9.17, 15) is 9.59 Å². The molecule has 0 bridgehead atoms. The van der Waals surface area contributed by atoms with E-state index in [0.29, 0.717) is 11.3 Å². The number of aromatic nitrogens is 2. The van der Waals surface area contributed by atoms with Crippen molar-refractivity contribution in [2.24, 2.45) is 0 Å². The van der Waals surface area contributed by atoms with Gasteiger partial charge in [-0.05, 0) is 12.1 Å². The minimum Gasteiger partial charge on any atom is -0.478 e. The van der Waals surface area contributed by atoms with Crippen LogP contribution in [0, 0.1) is 0 Å². The summed E-state index contributed by atoms with van der Waals surface area (Å²) in [5.41, 5.74) is 1.41. The standard InChI is InChI=1S/C14H14N2O3/c1-9(2)14-15-10-5-3-4-6-11(10)16(14)12(17)7-8-13(18)19/h3-9H,1-2H3,(H,18,19)/b8-7+. The Bertz CT molecular complexity index is 668. The van der Waals surface area contributed by atoms with Gasteiger partial charge < -0.3 is 5.11 Å². The van der Waals surface area contributed by atoms with Gasteiger partial charge in [-0.15, -0.1) is 0 Å². The number of allylic oxidation sites excluding steroid dienone is 1. The molecule has 0 amide bonds. The van der Waals surface area contributed by atoms with E-state index in [4.69, 9.17) is 5.11 Å². The maximum absolute atomic E-state index is 12.1. The summed E-state index contributed by atoms with van der Waals surface area (Å²) in [5, 5.41) is 8.59. The van der Waals surface area contributed by atoms with Crippen molar-refractivity contribution < 1.29 is 14.7 Å². The van der Waals surface area contributed by atoms with E-state index in [1.54, 1.807) is 6.07 Å². The first-order valence-electron chi connectivity index (χ1n) is 5.93. The maximum atomic E-state index is 12.1. The highest BCUT2D eigenvalue weighted by atomic mass is 16.4. The van der Waals surface area contributed by atoms with Crippen LogP contribution in [0.25, 0.3) is 11.0 Å². The second-order valence-corrected chi connectivity index (χ2v) is 4.46. The Hall–Kier alpha value is -2.43. The molecule has 1 N–H and O–H groups in total. The number of carboxylic acid groups (broad SMARTS) is 1. The van der Waals surface area contributed by atoms with E-state index < -0.39 is 11.9 Å². The van der Waals surface area contributed by atoms with Crippen molar-refractivity contribution in [2.75, 3.05) is 0 Å². The molecule has 2 rings (SSSR count). The molecule has 98 valence electrons. The highest BCUT2D eigenvalue weighted by Crippen LogP contribution is 2.21. The van der Waals surface area contributed by atoms with Gasteiger partial charge in [-0.3, -0.25) is 9.36 Å². The minimum atomic E-state index is -1.15. The SMILES string of the molecule is CC(C)c1nc2ccccc2n1C(=O)/C=C/C(=O)O. The molecule has 19 heavy (non-hydrogen) atoms. The Morgan fingerprint density at radius 1 is 1.26 bits per heavy atom. The van der Waals surface area contributed by atoms with Crippen LogP contribution in [0.3, 0.4) is 0 Å². The second-order valence-electron chi connectivity index (χ2n) is 4.46. The molecular formula is C14H14N2O3. The molecule has 5 nitrogen and oxygen atoms in total. The van der Waals surface area contributed by atoms with E-state index in [1.165, 1.54) is 4.57 Å². The lowest BCUT2D eigenvalue weighted by Gasteiger charge is -2.07. The fourth-order valence-corrected chi connectivity index (χ4v) is 1.88. The number of rotatable bonds is 3. The number of benzene rings is 1. The lowest BCUT2D eigenvalue weighted by atomic mass is 10.2. The van der Waals surface area contributed by atoms with Crippen molar-refractivity contribution in [1.82, 2.24) is 9.55 Å². The molecule has 1 aromatic carbocycles. The van der Waals surface area contributed by atoms with Crippen molar-refractivity contribution >= 4 is 22.9 Å². The molecule has 0 saturated heterocycles. The molecule has 1 heterocycles. The number of fused-ring (bicyclic) bond motifs is 1. The predicted molar refractivity (Wildman–Crippen MR) is 71.2 cm³/mol. The molecule has 2 aromatic rings. The first kappa shape index (κ1) is 13.0. The summed E-state index contributed by atoms with van der Waals surface area (Å²) in [6.45, 7) is 3.87. The van der Waals surface area contributed by atoms with Crippen LogP contribution in [0.1, 0.15) is 30.4 Å². The van der Waals surface area contributed by atoms with Gasteiger partial charge in [0.15, 0.2) is 0 Å². The largest absolute Gasteiger partial charge is 0.478 e. The number of aliphatic carboxylic acids is 1. The number of para-hydroxylation sites is 2. The monoisotopic (exact) mass is 258 g/mol. The molecule has 0 aliphatic rings. The third-order valence-electron chi connectivity index (χ3n) is 2.69. The van der Waals surface area contributed by atoms with Gasteiger partial charge in [-0.1, -0.05) is 26.0 Å². The average molecular weight is 258 g/mol. The average Bonchev–Trinajstić information content (AvgIpc) is 2.75. The Labute approximate surface area is 110 Å². The highest BCUT2D eigenvalue weighted by Gasteiger charge is 2.17. The van der Waals surface area contributed by atoms with Gasteiger partial charge >= 0.3 is 5.97 Å². The van der Waals surface area contributed by atoms with Gasteiger partial charge in [0.25, 0.3) is 5.91 Å². The molecule has 0 atom stereocenters. The third kappa shape index (κ3) is 2.54. The van der Waals surface area contributed by atoms with Crippen molar-refractivity contribution in [3.63, 3.8) is 0 Å². The van der Waals surface area contributed by atoms with E-state index in [1.807, 2.05) is 32.0 Å². The summed E-state index contributed by atoms with van der Waals surface area (Å²) in [5.74, 6) is -0.862. The number of nitrogens with zero attached hydrogens (tertiary/aromatic N) is 2. The van der Waals surface area contributed by atoms with Gasteiger partial charge in [-0.25, -0.2) is 9.78 Å². The van der Waals surface area contributed by atoms with E-state index in [2.05, 4.69) is 4.98 Å². The zero-order chi connectivity index (χ0) is 14.0. The van der Waals surface area contributed by atoms with Crippen LogP contribution in [0.5, 0.6) is 0 Å². The van der Waals surface area contributed by atoms with E-state index >= 15 is 0 Å². The molecule has 0 saturated carbocycles. The molecule has 0 radical (unpaired) electrons. The Kier molecular flexibility index (Phi) is 3.46. The third-order valence-corrected chi connectivity index (χ3v) is 2.69. The molecule has 0 unspecified atom stereocenters. The summed E-state index contributed by atoms with van der Waals surface area (Å²) in [6, 6.07) is 7.28. The smallest absolute Gasteiger partial charge is 0.328 e. The zero-order valence-corrected chi connectivity index (χ0v) is 10.7. The van der Waals surface area contributed by atoms with Crippen LogP contribution in [-0.4, -0.2) is 26.5 Å². The fraction of sp³-hybridized carbons (Fsp3) is 0.214. The number of carbonyl (C=O) groups is 2. The van der Waals surface area contributed by atoms with Crippen molar-refractivity contribution in [3.05, 3.63) is 42.2 Å². The second kappa shape index (κ2) is 5.06. The Morgan fingerprint density at radius 3 is 2.58 bits per heavy atom. The van der Waals surface area contributed by atoms with Gasteiger partial charge in [0.05, 0.1) is 11.0 Å². The highest BCUT2D eigenvalue weighted by molar-refractivity contribution is 6.00. The predicted octanol–water partition coefficient (Wildman–Crippen LogP) is 2.44. The van der Waals surface area contributed by atoms with Gasteiger partial charge in [0.2, 0.25) is 0 Å². The molecule has 0 spiro atoms. The Morgan fingerprint density at radius 2 is 1.95 bits per heavy atom. The van der Waals surface area contributed by atoms with Gasteiger partial charge in [0.1, 0.15) is 5.82 Å². The first-order chi connectivity index (χ1) is 9.00. The number of hydrogen-bond acceptors (Lipinski definition) is 3. The molecular weight excluding hydrogens is 244 g/mol. The van der Waals surface area contributed by atoms with Crippen LogP contribution in [0.4, 0.5) is 0 Å². The maximum Gasteiger partial charge on any atom is 0.328 e. The van der Waals surface area contributed by atoms with Crippen LogP contribution >= 0.6 is 0 Å². The van der Waals surface area contributed by atoms with E-state index in [0.717, 1.165) is 17.7 Å². The summed E-state index contributed by atoms with van der Waals surface area (Å²) in [6.07, 6.45) is 1.88. The van der Waals surface area contributed by atoms with Crippen molar-refractivity contribution in [1.29, 1.82) is 0 Å². The van der Waals surface area contributed by atoms with Crippen LogP contribution in [0.2, 0.25) is 0 Å². The lowest BCUT2D eigenvalue weighted by Crippen LogP contribution is -2.13. The molecule has 0 fully saturated rings. The quantitative estimate of drug-likeness (QED) is 0.858. The van der Waals surface area contributed by atoms with Gasteiger partial charge in [0, 0.05) is 18.1 Å². The zero-order valence-electron chi connectivity index (χ0n) is 10.7. The topological polar surface area (TPSA) is 72.2 Å². The van der Waals surface area contributed by atoms with Crippen molar-refractivity contribution in [2.45, 2.75) is 19.8 Å².